The molecular weight excluding hydrogens is 266 g/mol. The number of hydrogen-bond acceptors (Lipinski definition) is 5. The van der Waals surface area contributed by atoms with Crippen LogP contribution in [0.4, 0.5) is 0 Å². The molecule has 1 atom stereocenters. The number of aliphatic carboxylic acids is 1. The van der Waals surface area contributed by atoms with Crippen LogP contribution in [0.25, 0.3) is 0 Å². The number of nitrogens with zero attached hydrogens (tertiary/aromatic N) is 3. The maximum atomic E-state index is 12.0. The van der Waals surface area contributed by atoms with Gasteiger partial charge in [0.15, 0.2) is 0 Å². The van der Waals surface area contributed by atoms with E-state index < -0.39 is 17.9 Å². The second kappa shape index (κ2) is 4.89. The summed E-state index contributed by atoms with van der Waals surface area (Å²) in [5.41, 5.74) is 0.0613. The molecule has 1 N–H and O–H groups in total. The van der Waals surface area contributed by atoms with Gasteiger partial charge in [-0.3, -0.25) is 9.78 Å². The number of carbonyl (C=O) groups is 2. The number of halogens is 1. The largest absolute Gasteiger partial charge is 0.480 e. The van der Waals surface area contributed by atoms with Gasteiger partial charge < -0.3 is 10.0 Å². The molecule has 1 aliphatic rings. The molecule has 1 fully saturated rings. The summed E-state index contributed by atoms with van der Waals surface area (Å²) in [6.07, 6.45) is 2.59. The Kier molecular flexibility index (Phi) is 3.49. The molecule has 90 valence electrons. The summed E-state index contributed by atoms with van der Waals surface area (Å²) in [5.74, 6) is -0.755. The van der Waals surface area contributed by atoms with Crippen molar-refractivity contribution in [1.82, 2.24) is 14.9 Å². The highest BCUT2D eigenvalue weighted by atomic mass is 35.5. The zero-order valence-corrected chi connectivity index (χ0v) is 10.1. The van der Waals surface area contributed by atoms with Crippen LogP contribution in [0.2, 0.25) is 5.15 Å². The number of carboxylic acids is 1. The van der Waals surface area contributed by atoms with Crippen LogP contribution in [-0.4, -0.2) is 49.5 Å². The quantitative estimate of drug-likeness (QED) is 0.855. The number of rotatable bonds is 2. The van der Waals surface area contributed by atoms with Gasteiger partial charge in [-0.2, -0.15) is 0 Å². The van der Waals surface area contributed by atoms with Crippen molar-refractivity contribution in [3.8, 4) is 0 Å². The summed E-state index contributed by atoms with van der Waals surface area (Å²) >= 11 is 7.02. The smallest absolute Gasteiger partial charge is 0.327 e. The Morgan fingerprint density at radius 1 is 1.53 bits per heavy atom. The first-order valence-corrected chi connectivity index (χ1v) is 6.22. The van der Waals surface area contributed by atoms with E-state index in [1.165, 1.54) is 29.1 Å². The van der Waals surface area contributed by atoms with Gasteiger partial charge in [0, 0.05) is 5.75 Å². The number of amides is 1. The van der Waals surface area contributed by atoms with Crippen LogP contribution in [-0.2, 0) is 4.79 Å². The van der Waals surface area contributed by atoms with Crippen molar-refractivity contribution in [2.45, 2.75) is 6.04 Å². The first-order chi connectivity index (χ1) is 8.09. The summed E-state index contributed by atoms with van der Waals surface area (Å²) in [5, 5.41) is 9.07. The highest BCUT2D eigenvalue weighted by Crippen LogP contribution is 2.22. The SMILES string of the molecule is O=C(O)C1CSCN1C(=O)c1cncc(Cl)n1. The lowest BCUT2D eigenvalue weighted by molar-refractivity contribution is -0.140. The molecule has 1 aromatic heterocycles. The van der Waals surface area contributed by atoms with E-state index in [4.69, 9.17) is 16.7 Å². The summed E-state index contributed by atoms with van der Waals surface area (Å²) in [6, 6.07) is -0.812. The number of hydrogen-bond donors (Lipinski definition) is 1. The molecule has 1 aliphatic heterocycles. The van der Waals surface area contributed by atoms with E-state index in [-0.39, 0.29) is 10.8 Å². The highest BCUT2D eigenvalue weighted by molar-refractivity contribution is 7.99. The third-order valence-corrected chi connectivity index (χ3v) is 3.45. The Balaban J connectivity index is 2.23. The zero-order chi connectivity index (χ0) is 12.4. The average Bonchev–Trinajstić information content (AvgIpc) is 2.77. The second-order valence-corrected chi connectivity index (χ2v) is 4.74. The predicted octanol–water partition coefficient (Wildman–Crippen LogP) is 0.730. The summed E-state index contributed by atoms with van der Waals surface area (Å²) in [4.78, 5) is 31.8. The zero-order valence-electron chi connectivity index (χ0n) is 8.54. The van der Waals surface area contributed by atoms with Crippen molar-refractivity contribution in [2.24, 2.45) is 0 Å². The van der Waals surface area contributed by atoms with Gasteiger partial charge in [0.2, 0.25) is 0 Å². The van der Waals surface area contributed by atoms with Crippen LogP contribution in [0.5, 0.6) is 0 Å². The topological polar surface area (TPSA) is 83.4 Å². The molecule has 2 rings (SSSR count). The normalized spacial score (nSPS) is 19.4. The number of aromatic nitrogens is 2. The molecule has 0 saturated carbocycles. The fraction of sp³-hybridized carbons (Fsp3) is 0.333. The molecule has 0 aromatic carbocycles. The minimum atomic E-state index is -1.02. The van der Waals surface area contributed by atoms with Crippen molar-refractivity contribution < 1.29 is 14.7 Å². The van der Waals surface area contributed by atoms with Gasteiger partial charge in [-0.25, -0.2) is 9.78 Å². The molecule has 0 aliphatic carbocycles. The van der Waals surface area contributed by atoms with Crippen molar-refractivity contribution >= 4 is 35.2 Å². The first-order valence-electron chi connectivity index (χ1n) is 4.68. The first kappa shape index (κ1) is 12.1. The molecule has 8 heteroatoms. The van der Waals surface area contributed by atoms with E-state index in [9.17, 15) is 9.59 Å². The van der Waals surface area contributed by atoms with Crippen molar-refractivity contribution in [2.75, 3.05) is 11.6 Å². The molecule has 0 bridgehead atoms. The number of carbonyl (C=O) groups excluding carboxylic acids is 1. The van der Waals surface area contributed by atoms with Crippen molar-refractivity contribution in [3.05, 3.63) is 23.2 Å². The summed E-state index contributed by atoms with van der Waals surface area (Å²) in [6.45, 7) is 0. The van der Waals surface area contributed by atoms with E-state index >= 15 is 0 Å². The lowest BCUT2D eigenvalue weighted by Crippen LogP contribution is -2.42. The number of thioether (sulfide) groups is 1. The van der Waals surface area contributed by atoms with Gasteiger partial charge in [0.05, 0.1) is 18.3 Å². The van der Waals surface area contributed by atoms with E-state index in [1.807, 2.05) is 0 Å². The average molecular weight is 274 g/mol. The molecule has 1 unspecified atom stereocenters. The van der Waals surface area contributed by atoms with Crippen molar-refractivity contribution in [3.63, 3.8) is 0 Å². The van der Waals surface area contributed by atoms with E-state index in [0.29, 0.717) is 11.6 Å². The van der Waals surface area contributed by atoms with Crippen LogP contribution in [0.15, 0.2) is 12.4 Å². The molecule has 0 spiro atoms. The van der Waals surface area contributed by atoms with Crippen LogP contribution in [0.3, 0.4) is 0 Å². The molecule has 0 radical (unpaired) electrons. The maximum absolute atomic E-state index is 12.0. The summed E-state index contributed by atoms with van der Waals surface area (Å²) < 4.78 is 0. The third-order valence-electron chi connectivity index (χ3n) is 2.25. The monoisotopic (exact) mass is 273 g/mol. The molecule has 1 aromatic rings. The highest BCUT2D eigenvalue weighted by Gasteiger charge is 2.35. The minimum Gasteiger partial charge on any atom is -0.480 e. The standard InChI is InChI=1S/C9H8ClN3O3S/c10-7-2-11-1-5(12-7)8(14)13-4-17-3-6(13)9(15)16/h1-2,6H,3-4H2,(H,15,16). The van der Waals surface area contributed by atoms with Gasteiger partial charge in [-0.05, 0) is 0 Å². The summed E-state index contributed by atoms with van der Waals surface area (Å²) in [7, 11) is 0. The lowest BCUT2D eigenvalue weighted by Gasteiger charge is -2.19. The van der Waals surface area contributed by atoms with Gasteiger partial charge in [-0.15, -0.1) is 11.8 Å². The third kappa shape index (κ3) is 2.50. The van der Waals surface area contributed by atoms with E-state index in [2.05, 4.69) is 9.97 Å². The van der Waals surface area contributed by atoms with Crippen LogP contribution < -0.4 is 0 Å². The predicted molar refractivity (Wildman–Crippen MR) is 62.0 cm³/mol. The van der Waals surface area contributed by atoms with E-state index in [0.717, 1.165) is 0 Å². The fourth-order valence-electron chi connectivity index (χ4n) is 1.44. The van der Waals surface area contributed by atoms with Gasteiger partial charge >= 0.3 is 5.97 Å². The maximum Gasteiger partial charge on any atom is 0.327 e. The van der Waals surface area contributed by atoms with Crippen LogP contribution >= 0.6 is 23.4 Å². The molecular formula is C9H8ClN3O3S. The molecule has 1 saturated heterocycles. The van der Waals surface area contributed by atoms with E-state index in [1.54, 1.807) is 0 Å². The van der Waals surface area contributed by atoms with Gasteiger partial charge in [0.1, 0.15) is 16.9 Å². The Bertz CT molecular complexity index is 471. The van der Waals surface area contributed by atoms with Crippen LogP contribution in [0.1, 0.15) is 10.5 Å². The molecule has 6 nitrogen and oxygen atoms in total. The van der Waals surface area contributed by atoms with Crippen molar-refractivity contribution in [1.29, 1.82) is 0 Å². The van der Waals surface area contributed by atoms with Gasteiger partial charge in [0.25, 0.3) is 5.91 Å². The second-order valence-electron chi connectivity index (χ2n) is 3.36. The minimum absolute atomic E-state index is 0.0613. The fourth-order valence-corrected chi connectivity index (χ4v) is 2.73. The molecule has 2 heterocycles. The Morgan fingerprint density at radius 2 is 2.29 bits per heavy atom. The van der Waals surface area contributed by atoms with Crippen LogP contribution in [0, 0.1) is 0 Å². The Labute approximate surface area is 106 Å². The van der Waals surface area contributed by atoms with Gasteiger partial charge in [-0.1, -0.05) is 11.6 Å². The molecule has 1 amide bonds. The Hall–Kier alpha value is -1.34. The lowest BCUT2D eigenvalue weighted by atomic mass is 10.2. The molecule has 17 heavy (non-hydrogen) atoms. The Morgan fingerprint density at radius 3 is 2.94 bits per heavy atom. The number of carboxylic acid groups (broad SMARTS) is 1.